The van der Waals surface area contributed by atoms with E-state index in [1.165, 1.54) is 13.8 Å². The van der Waals surface area contributed by atoms with E-state index in [0.717, 1.165) is 0 Å². The van der Waals surface area contributed by atoms with E-state index in [4.69, 9.17) is 0 Å². The third-order valence-corrected chi connectivity index (χ3v) is 5.50. The Morgan fingerprint density at radius 2 is 0.750 bits per heavy atom. The average Bonchev–Trinajstić information content (AvgIpc) is 2.58. The van der Waals surface area contributed by atoms with Gasteiger partial charge >= 0.3 is 0 Å². The number of hydrogen-bond acceptors (Lipinski definition) is 0. The van der Waals surface area contributed by atoms with Crippen LogP contribution in [0.1, 0.15) is 45.7 Å². The lowest BCUT2D eigenvalue weighted by Crippen LogP contribution is -2.36. The monoisotopic (exact) mass is 410 g/mol. The molecule has 0 nitrogen and oxygen atoms in total. The molecule has 2 aromatic carbocycles. The van der Waals surface area contributed by atoms with Gasteiger partial charge in [-0.1, -0.05) is 34.6 Å². The molecule has 0 aromatic heterocycles. The Labute approximate surface area is 157 Å². The maximum Gasteiger partial charge on any atom is 0.170 e. The standard InChI is InChI=1S/C20H18F8/c1-7-11(21)13(23)8(14(24)12(7)22)9-15(25)17(27)10(18(28)16(9)26)20(5,6)19(2,3)4/h1-6H3. The zero-order chi connectivity index (χ0) is 21.9. The van der Waals surface area contributed by atoms with Gasteiger partial charge in [-0.3, -0.25) is 0 Å². The molecular formula is C20H18F8. The molecule has 0 unspecified atom stereocenters. The molecular weight excluding hydrogens is 392 g/mol. The highest BCUT2D eigenvalue weighted by Crippen LogP contribution is 2.46. The Kier molecular flexibility index (Phi) is 5.34. The summed E-state index contributed by atoms with van der Waals surface area (Å²) in [5.74, 6) is -16.2. The molecule has 0 aliphatic carbocycles. The fraction of sp³-hybridized carbons (Fsp3) is 0.400. The van der Waals surface area contributed by atoms with Gasteiger partial charge in [-0.25, -0.2) is 35.1 Å². The number of benzene rings is 2. The predicted molar refractivity (Wildman–Crippen MR) is 88.8 cm³/mol. The van der Waals surface area contributed by atoms with Gasteiger partial charge in [0.15, 0.2) is 46.5 Å². The van der Waals surface area contributed by atoms with Crippen LogP contribution in [-0.2, 0) is 5.41 Å². The highest BCUT2D eigenvalue weighted by molar-refractivity contribution is 5.68. The molecule has 0 radical (unpaired) electrons. The van der Waals surface area contributed by atoms with Crippen molar-refractivity contribution in [3.05, 3.63) is 57.7 Å². The van der Waals surface area contributed by atoms with E-state index in [0.29, 0.717) is 6.92 Å². The lowest BCUT2D eigenvalue weighted by Gasteiger charge is -2.39. The molecule has 0 saturated heterocycles. The summed E-state index contributed by atoms with van der Waals surface area (Å²) in [6.45, 7) is 8.07. The van der Waals surface area contributed by atoms with Crippen LogP contribution in [0.15, 0.2) is 0 Å². The fourth-order valence-corrected chi connectivity index (χ4v) is 2.74. The molecule has 0 heterocycles. The normalized spacial score (nSPS) is 12.6. The van der Waals surface area contributed by atoms with E-state index in [1.54, 1.807) is 20.8 Å². The molecule has 2 aromatic rings. The van der Waals surface area contributed by atoms with E-state index in [9.17, 15) is 35.1 Å². The maximum absolute atomic E-state index is 14.7. The van der Waals surface area contributed by atoms with Crippen LogP contribution in [0.4, 0.5) is 35.1 Å². The molecule has 2 rings (SSSR count). The van der Waals surface area contributed by atoms with Crippen molar-refractivity contribution < 1.29 is 35.1 Å². The SMILES string of the molecule is Cc1c(F)c(F)c(-c2c(F)c(F)c(C(C)(C)C(C)(C)C)c(F)c2F)c(F)c1F. The quantitative estimate of drug-likeness (QED) is 0.366. The van der Waals surface area contributed by atoms with Crippen molar-refractivity contribution >= 4 is 0 Å². The van der Waals surface area contributed by atoms with Crippen LogP contribution in [-0.4, -0.2) is 0 Å². The third-order valence-electron chi connectivity index (χ3n) is 5.50. The molecule has 8 heteroatoms. The lowest BCUT2D eigenvalue weighted by molar-refractivity contribution is 0.207. The Morgan fingerprint density at radius 3 is 1.04 bits per heavy atom. The Morgan fingerprint density at radius 1 is 0.464 bits per heavy atom. The Hall–Kier alpha value is -2.12. The van der Waals surface area contributed by atoms with Gasteiger partial charge in [-0.15, -0.1) is 0 Å². The highest BCUT2D eigenvalue weighted by Gasteiger charge is 2.43. The van der Waals surface area contributed by atoms with E-state index in [2.05, 4.69) is 0 Å². The predicted octanol–water partition coefficient (Wildman–Crippen LogP) is 7.10. The number of rotatable bonds is 2. The molecule has 0 bridgehead atoms. The van der Waals surface area contributed by atoms with Crippen LogP contribution in [0.2, 0.25) is 0 Å². The summed E-state index contributed by atoms with van der Waals surface area (Å²) in [6.07, 6.45) is 0. The van der Waals surface area contributed by atoms with Gasteiger partial charge in [-0.2, -0.15) is 0 Å². The molecule has 0 aliphatic heterocycles. The minimum absolute atomic E-state index is 0.698. The molecule has 0 fully saturated rings. The minimum atomic E-state index is -2.16. The van der Waals surface area contributed by atoms with Crippen molar-refractivity contribution in [1.82, 2.24) is 0 Å². The second-order valence-electron chi connectivity index (χ2n) is 8.14. The summed E-state index contributed by atoms with van der Waals surface area (Å²) in [6, 6.07) is 0. The van der Waals surface area contributed by atoms with Crippen molar-refractivity contribution in [1.29, 1.82) is 0 Å². The van der Waals surface area contributed by atoms with Gasteiger partial charge in [-0.05, 0) is 12.3 Å². The fourth-order valence-electron chi connectivity index (χ4n) is 2.74. The van der Waals surface area contributed by atoms with Crippen LogP contribution in [0.5, 0.6) is 0 Å². The van der Waals surface area contributed by atoms with Crippen molar-refractivity contribution in [2.45, 2.75) is 47.0 Å². The molecule has 0 saturated carbocycles. The van der Waals surface area contributed by atoms with Crippen molar-refractivity contribution in [3.63, 3.8) is 0 Å². The van der Waals surface area contributed by atoms with Crippen LogP contribution in [0.25, 0.3) is 11.1 Å². The van der Waals surface area contributed by atoms with Crippen molar-refractivity contribution in [2.24, 2.45) is 5.41 Å². The average molecular weight is 410 g/mol. The first-order valence-electron chi connectivity index (χ1n) is 8.26. The van der Waals surface area contributed by atoms with Crippen molar-refractivity contribution in [3.8, 4) is 11.1 Å². The van der Waals surface area contributed by atoms with E-state index < -0.39 is 79.6 Å². The van der Waals surface area contributed by atoms with Gasteiger partial charge in [0.25, 0.3) is 0 Å². The summed E-state index contributed by atoms with van der Waals surface area (Å²) in [5.41, 5.74) is -8.10. The molecule has 0 atom stereocenters. The molecule has 0 amide bonds. The number of hydrogen-bond donors (Lipinski definition) is 0. The van der Waals surface area contributed by atoms with Crippen LogP contribution in [0.3, 0.4) is 0 Å². The summed E-state index contributed by atoms with van der Waals surface area (Å²) in [5, 5.41) is 0. The first kappa shape index (κ1) is 22.2. The maximum atomic E-state index is 14.7. The second kappa shape index (κ2) is 6.74. The molecule has 0 N–H and O–H groups in total. The summed E-state index contributed by atoms with van der Waals surface area (Å²) in [4.78, 5) is 0. The van der Waals surface area contributed by atoms with Gasteiger partial charge in [0, 0.05) is 16.5 Å². The summed E-state index contributed by atoms with van der Waals surface area (Å²) >= 11 is 0. The first-order chi connectivity index (χ1) is 12.6. The van der Waals surface area contributed by atoms with Gasteiger partial charge in [0.05, 0.1) is 11.1 Å². The molecule has 0 aliphatic rings. The third kappa shape index (κ3) is 2.97. The second-order valence-corrected chi connectivity index (χ2v) is 8.14. The Balaban J connectivity index is 3.02. The van der Waals surface area contributed by atoms with Gasteiger partial charge < -0.3 is 0 Å². The largest absolute Gasteiger partial charge is 0.203 e. The smallest absolute Gasteiger partial charge is 0.170 e. The van der Waals surface area contributed by atoms with E-state index >= 15 is 0 Å². The topological polar surface area (TPSA) is 0 Å². The molecule has 154 valence electrons. The Bertz CT molecular complexity index is 910. The van der Waals surface area contributed by atoms with E-state index in [1.807, 2.05) is 0 Å². The summed E-state index contributed by atoms with van der Waals surface area (Å²) < 4.78 is 115. The summed E-state index contributed by atoms with van der Waals surface area (Å²) in [7, 11) is 0. The van der Waals surface area contributed by atoms with Crippen LogP contribution in [0, 0.1) is 58.9 Å². The zero-order valence-corrected chi connectivity index (χ0v) is 16.0. The van der Waals surface area contributed by atoms with Crippen LogP contribution >= 0.6 is 0 Å². The minimum Gasteiger partial charge on any atom is -0.203 e. The van der Waals surface area contributed by atoms with Gasteiger partial charge in [0.2, 0.25) is 0 Å². The van der Waals surface area contributed by atoms with E-state index in [-0.39, 0.29) is 0 Å². The lowest BCUT2D eigenvalue weighted by atomic mass is 9.65. The van der Waals surface area contributed by atoms with Crippen LogP contribution < -0.4 is 0 Å². The molecule has 0 spiro atoms. The van der Waals surface area contributed by atoms with Crippen molar-refractivity contribution in [2.75, 3.05) is 0 Å². The van der Waals surface area contributed by atoms with Gasteiger partial charge in [0.1, 0.15) is 0 Å². The zero-order valence-electron chi connectivity index (χ0n) is 16.0. The highest BCUT2D eigenvalue weighted by atomic mass is 19.2. The molecule has 28 heavy (non-hydrogen) atoms. The number of halogens is 8. The first-order valence-corrected chi connectivity index (χ1v) is 8.26.